The number of rotatable bonds is 6. The van der Waals surface area contributed by atoms with Crippen LogP contribution in [-0.2, 0) is 9.59 Å². The molecule has 4 aromatic carbocycles. The second kappa shape index (κ2) is 12.2. The fraction of sp³-hybridized carbons (Fsp3) is 0.184. The maximum absolute atomic E-state index is 14.2. The first-order valence-corrected chi connectivity index (χ1v) is 15.6. The Bertz CT molecular complexity index is 1860. The van der Waals surface area contributed by atoms with Gasteiger partial charge < -0.3 is 9.64 Å². The third kappa shape index (κ3) is 5.31. The van der Waals surface area contributed by atoms with Crippen LogP contribution in [-0.4, -0.2) is 37.5 Å². The Morgan fingerprint density at radius 3 is 2.07 bits per heavy atom. The summed E-state index contributed by atoms with van der Waals surface area (Å²) in [5.74, 6) is 1.37. The van der Waals surface area contributed by atoms with Crippen LogP contribution in [0.5, 0.6) is 5.75 Å². The number of terminal acetylenes is 1. The Hall–Kier alpha value is -5.32. The van der Waals surface area contributed by atoms with Crippen LogP contribution in [0.2, 0.25) is 5.02 Å². The van der Waals surface area contributed by atoms with Crippen molar-refractivity contribution < 1.29 is 19.1 Å². The standard InChI is InChI=1S/C38H30ClN3O4/c1-2-19-46-34-14-13-27(39)20-26(34)21-33-36(43)40-38(45)42(37(33)44)28-22-31-29(24-9-5-3-6-10-24)15-17-41-18-16-30(32(23-28)35(31)41)25-11-7-4-8-12-25/h1,3-14,20-23,29-30H,15-19H2,(H,40,43,45)/b33-21+/t29-,30-/m0/s1. The molecule has 1 fully saturated rings. The van der Waals surface area contributed by atoms with Crippen LogP contribution >= 0.6 is 11.6 Å². The normalized spacial score (nSPS) is 19.8. The lowest BCUT2D eigenvalue weighted by molar-refractivity contribution is -0.122. The van der Waals surface area contributed by atoms with Gasteiger partial charge in [-0.2, -0.15) is 0 Å². The van der Waals surface area contributed by atoms with Gasteiger partial charge in [0.05, 0.1) is 5.69 Å². The zero-order valence-corrected chi connectivity index (χ0v) is 25.7. The number of imide groups is 2. The summed E-state index contributed by atoms with van der Waals surface area (Å²) in [6.07, 6.45) is 8.56. The number of ether oxygens (including phenoxy) is 1. The van der Waals surface area contributed by atoms with Crippen LogP contribution in [0.15, 0.2) is 96.6 Å². The lowest BCUT2D eigenvalue weighted by Gasteiger charge is -2.44. The Labute approximate surface area is 272 Å². The summed E-state index contributed by atoms with van der Waals surface area (Å²) in [4.78, 5) is 44.3. The highest BCUT2D eigenvalue weighted by Gasteiger charge is 2.40. The van der Waals surface area contributed by atoms with E-state index in [1.165, 1.54) is 17.2 Å². The molecule has 8 heteroatoms. The van der Waals surface area contributed by atoms with Gasteiger partial charge in [-0.3, -0.25) is 14.9 Å². The molecule has 0 spiro atoms. The molecule has 0 aromatic heterocycles. The minimum Gasteiger partial charge on any atom is -0.480 e. The molecule has 3 aliphatic heterocycles. The maximum Gasteiger partial charge on any atom is 0.335 e. The van der Waals surface area contributed by atoms with Gasteiger partial charge in [0, 0.05) is 41.2 Å². The second-order valence-electron chi connectivity index (χ2n) is 11.6. The molecule has 46 heavy (non-hydrogen) atoms. The third-order valence-electron chi connectivity index (χ3n) is 8.94. The fourth-order valence-corrected chi connectivity index (χ4v) is 7.08. The van der Waals surface area contributed by atoms with E-state index < -0.39 is 17.8 Å². The van der Waals surface area contributed by atoms with Gasteiger partial charge in [0.25, 0.3) is 11.8 Å². The van der Waals surface area contributed by atoms with Crippen molar-refractivity contribution >= 4 is 46.9 Å². The molecular weight excluding hydrogens is 598 g/mol. The van der Waals surface area contributed by atoms with Gasteiger partial charge >= 0.3 is 6.03 Å². The quantitative estimate of drug-likeness (QED) is 0.143. The highest BCUT2D eigenvalue weighted by Crippen LogP contribution is 2.50. The molecule has 3 aliphatic rings. The molecule has 0 bridgehead atoms. The topological polar surface area (TPSA) is 79.0 Å². The summed E-state index contributed by atoms with van der Waals surface area (Å²) < 4.78 is 5.64. The number of nitrogens with zero attached hydrogens (tertiary/aromatic N) is 2. The van der Waals surface area contributed by atoms with E-state index in [9.17, 15) is 14.4 Å². The summed E-state index contributed by atoms with van der Waals surface area (Å²) in [6.45, 7) is 1.81. The summed E-state index contributed by atoms with van der Waals surface area (Å²) >= 11 is 6.26. The zero-order valence-electron chi connectivity index (χ0n) is 24.9. The predicted octanol–water partition coefficient (Wildman–Crippen LogP) is 6.90. The highest BCUT2D eigenvalue weighted by atomic mass is 35.5. The molecular formula is C38H30ClN3O4. The number of halogens is 1. The van der Waals surface area contributed by atoms with E-state index in [1.54, 1.807) is 18.2 Å². The van der Waals surface area contributed by atoms with Crippen LogP contribution in [0.25, 0.3) is 6.08 Å². The fourth-order valence-electron chi connectivity index (χ4n) is 6.90. The monoisotopic (exact) mass is 627 g/mol. The zero-order chi connectivity index (χ0) is 31.8. The van der Waals surface area contributed by atoms with Crippen molar-refractivity contribution in [3.63, 3.8) is 0 Å². The number of nitrogens with one attached hydrogen (secondary N) is 1. The van der Waals surface area contributed by atoms with Crippen LogP contribution in [0, 0.1) is 12.3 Å². The number of carbonyl (C=O) groups excluding carboxylic acids is 3. The van der Waals surface area contributed by atoms with Crippen molar-refractivity contribution in [3.05, 3.63) is 129 Å². The lowest BCUT2D eigenvalue weighted by Crippen LogP contribution is -2.54. The van der Waals surface area contributed by atoms with E-state index in [1.807, 2.05) is 48.5 Å². The van der Waals surface area contributed by atoms with Gasteiger partial charge in [0.15, 0.2) is 0 Å². The number of benzene rings is 4. The average Bonchev–Trinajstić information content (AvgIpc) is 3.07. The molecule has 7 nitrogen and oxygen atoms in total. The summed E-state index contributed by atoms with van der Waals surface area (Å²) in [6, 6.07) is 28.6. The summed E-state index contributed by atoms with van der Waals surface area (Å²) in [7, 11) is 0. The van der Waals surface area contributed by atoms with Gasteiger partial charge in [-0.05, 0) is 71.5 Å². The molecule has 3 heterocycles. The molecule has 1 N–H and O–H groups in total. The van der Waals surface area contributed by atoms with Gasteiger partial charge in [0.2, 0.25) is 0 Å². The van der Waals surface area contributed by atoms with Crippen LogP contribution in [0.3, 0.4) is 0 Å². The number of barbiturate groups is 1. The third-order valence-corrected chi connectivity index (χ3v) is 9.18. The predicted molar refractivity (Wildman–Crippen MR) is 179 cm³/mol. The Morgan fingerprint density at radius 2 is 1.48 bits per heavy atom. The molecule has 7 rings (SSSR count). The van der Waals surface area contributed by atoms with E-state index >= 15 is 0 Å². The van der Waals surface area contributed by atoms with Crippen molar-refractivity contribution in [3.8, 4) is 18.1 Å². The first kappa shape index (κ1) is 29.4. The molecule has 0 unspecified atom stereocenters. The van der Waals surface area contributed by atoms with Gasteiger partial charge in [-0.1, -0.05) is 78.2 Å². The molecule has 0 radical (unpaired) electrons. The minimum atomic E-state index is -0.802. The molecule has 0 saturated carbocycles. The molecule has 2 atom stereocenters. The Kier molecular flexibility index (Phi) is 7.81. The van der Waals surface area contributed by atoms with Crippen molar-refractivity contribution in [2.45, 2.75) is 24.7 Å². The van der Waals surface area contributed by atoms with E-state index in [4.69, 9.17) is 22.8 Å². The SMILES string of the molecule is C#CCOc1ccc(Cl)cc1/C=C1\C(=O)NC(=O)N(c2cc3c4c(c2)[C@H](c2ccccc2)CCN4CC[C@H]3c2ccccc2)C1=O. The summed E-state index contributed by atoms with van der Waals surface area (Å²) in [5, 5.41) is 2.76. The first-order valence-electron chi connectivity index (χ1n) is 15.2. The number of hydrogen-bond donors (Lipinski definition) is 1. The van der Waals surface area contributed by atoms with Crippen molar-refractivity contribution in [1.82, 2.24) is 5.32 Å². The maximum atomic E-state index is 14.2. The molecule has 1 saturated heterocycles. The smallest absolute Gasteiger partial charge is 0.335 e. The Balaban J connectivity index is 1.38. The van der Waals surface area contributed by atoms with Gasteiger partial charge in [-0.15, -0.1) is 6.42 Å². The minimum absolute atomic E-state index is 0.0113. The summed E-state index contributed by atoms with van der Waals surface area (Å²) in [5.41, 5.74) is 6.22. The number of anilines is 2. The lowest BCUT2D eigenvalue weighted by atomic mass is 9.76. The number of hydrogen-bond acceptors (Lipinski definition) is 5. The van der Waals surface area contributed by atoms with E-state index in [0.717, 1.165) is 47.6 Å². The van der Waals surface area contributed by atoms with E-state index in [-0.39, 0.29) is 24.0 Å². The molecule has 228 valence electrons. The van der Waals surface area contributed by atoms with Crippen molar-refractivity contribution in [2.75, 3.05) is 29.5 Å². The first-order chi connectivity index (χ1) is 22.4. The van der Waals surface area contributed by atoms with E-state index in [2.05, 4.69) is 40.4 Å². The molecule has 0 aliphatic carbocycles. The number of urea groups is 1. The van der Waals surface area contributed by atoms with Crippen LogP contribution in [0.4, 0.5) is 16.2 Å². The van der Waals surface area contributed by atoms with Gasteiger partial charge in [0.1, 0.15) is 17.9 Å². The van der Waals surface area contributed by atoms with Crippen molar-refractivity contribution in [1.29, 1.82) is 0 Å². The molecule has 4 amide bonds. The number of carbonyl (C=O) groups is 3. The number of amides is 4. The average molecular weight is 628 g/mol. The van der Waals surface area contributed by atoms with Crippen molar-refractivity contribution in [2.24, 2.45) is 0 Å². The highest BCUT2D eigenvalue weighted by molar-refractivity contribution is 6.39. The van der Waals surface area contributed by atoms with Crippen LogP contribution in [0.1, 0.15) is 52.5 Å². The van der Waals surface area contributed by atoms with E-state index in [0.29, 0.717) is 22.0 Å². The van der Waals surface area contributed by atoms with Crippen LogP contribution < -0.4 is 19.9 Å². The Morgan fingerprint density at radius 1 is 0.870 bits per heavy atom. The largest absolute Gasteiger partial charge is 0.480 e. The second-order valence-corrected chi connectivity index (χ2v) is 12.0. The molecule has 4 aromatic rings. The van der Waals surface area contributed by atoms with Gasteiger partial charge in [-0.25, -0.2) is 9.69 Å².